The van der Waals surface area contributed by atoms with Crippen molar-refractivity contribution in [2.24, 2.45) is 11.1 Å². The largest absolute Gasteiger partial charge is 0.370 e. The zero-order chi connectivity index (χ0) is 12.7. The van der Waals surface area contributed by atoms with E-state index in [0.717, 1.165) is 38.8 Å². The molecule has 1 aliphatic heterocycles. The highest BCUT2D eigenvalue weighted by atomic mass is 16.2. The van der Waals surface area contributed by atoms with Crippen LogP contribution in [-0.4, -0.2) is 31.4 Å². The predicted octanol–water partition coefficient (Wildman–Crippen LogP) is 0.148. The quantitative estimate of drug-likeness (QED) is 0.579. The minimum Gasteiger partial charge on any atom is -0.370 e. The number of unbranched alkanes of at least 4 members (excludes halogenated alkanes) is 1. The molecule has 1 saturated heterocycles. The molecule has 0 aromatic carbocycles. The molecular formula is C12H23N3O2. The maximum absolute atomic E-state index is 12.0. The molecule has 0 spiro atoms. The van der Waals surface area contributed by atoms with E-state index in [4.69, 9.17) is 5.73 Å². The molecule has 98 valence electrons. The van der Waals surface area contributed by atoms with E-state index >= 15 is 0 Å². The third-order valence-electron chi connectivity index (χ3n) is 3.39. The number of carbonyl (C=O) groups is 2. The molecule has 1 fully saturated rings. The van der Waals surface area contributed by atoms with Gasteiger partial charge in [0.05, 0.1) is 0 Å². The van der Waals surface area contributed by atoms with Gasteiger partial charge in [0, 0.05) is 18.4 Å². The number of piperidine rings is 1. The summed E-state index contributed by atoms with van der Waals surface area (Å²) in [6.07, 6.45) is 3.73. The normalized spacial score (nSPS) is 18.6. The van der Waals surface area contributed by atoms with Crippen LogP contribution in [0.1, 0.15) is 39.0 Å². The fourth-order valence-electron chi connectivity index (χ4n) is 2.05. The number of rotatable bonds is 6. The van der Waals surface area contributed by atoms with Gasteiger partial charge in [-0.25, -0.2) is 0 Å². The maximum atomic E-state index is 12.0. The molecule has 2 amide bonds. The van der Waals surface area contributed by atoms with E-state index in [-0.39, 0.29) is 17.2 Å². The lowest BCUT2D eigenvalue weighted by molar-refractivity contribution is -0.131. The van der Waals surface area contributed by atoms with Crippen LogP contribution in [0.25, 0.3) is 0 Å². The monoisotopic (exact) mass is 241 g/mol. The average Bonchev–Trinajstić information content (AvgIpc) is 2.29. The first kappa shape index (κ1) is 14.0. The molecule has 0 atom stereocenters. The first-order valence-corrected chi connectivity index (χ1v) is 6.32. The molecule has 0 aliphatic carbocycles. The van der Waals surface area contributed by atoms with Gasteiger partial charge in [0.1, 0.15) is 0 Å². The molecule has 0 unspecified atom stereocenters. The molecule has 1 rings (SSSR count). The van der Waals surface area contributed by atoms with Gasteiger partial charge in [0.2, 0.25) is 11.8 Å². The van der Waals surface area contributed by atoms with Crippen molar-refractivity contribution in [1.82, 2.24) is 10.6 Å². The number of amides is 2. The third kappa shape index (κ3) is 4.73. The Labute approximate surface area is 103 Å². The zero-order valence-electron chi connectivity index (χ0n) is 10.6. The number of carbonyl (C=O) groups excluding carboxylic acids is 2. The zero-order valence-corrected chi connectivity index (χ0v) is 10.6. The molecule has 0 aromatic rings. The van der Waals surface area contributed by atoms with E-state index in [1.807, 2.05) is 6.92 Å². The standard InChI is InChI=1S/C12H23N3O2/c1-12(5-8-14-9-6-12)11(17)15-7-3-2-4-10(13)16/h14H,2-9H2,1H3,(H2,13,16)(H,15,17). The van der Waals surface area contributed by atoms with Crippen LogP contribution in [0.5, 0.6) is 0 Å². The van der Waals surface area contributed by atoms with Crippen molar-refractivity contribution in [2.75, 3.05) is 19.6 Å². The summed E-state index contributed by atoms with van der Waals surface area (Å²) in [7, 11) is 0. The Morgan fingerprint density at radius 2 is 1.94 bits per heavy atom. The lowest BCUT2D eigenvalue weighted by atomic mass is 9.80. The summed E-state index contributed by atoms with van der Waals surface area (Å²) >= 11 is 0. The third-order valence-corrected chi connectivity index (χ3v) is 3.39. The molecule has 1 aliphatic rings. The van der Waals surface area contributed by atoms with Crippen molar-refractivity contribution < 1.29 is 9.59 Å². The molecule has 1 heterocycles. The molecule has 0 aromatic heterocycles. The van der Waals surface area contributed by atoms with Gasteiger partial charge in [-0.05, 0) is 38.8 Å². The molecule has 17 heavy (non-hydrogen) atoms. The number of nitrogens with one attached hydrogen (secondary N) is 2. The second-order valence-corrected chi connectivity index (χ2v) is 4.99. The van der Waals surface area contributed by atoms with E-state index in [0.29, 0.717) is 13.0 Å². The molecule has 0 radical (unpaired) electrons. The minimum absolute atomic E-state index is 0.137. The Kier molecular flexibility index (Phi) is 5.41. The Hall–Kier alpha value is -1.10. The maximum Gasteiger partial charge on any atom is 0.226 e. The van der Waals surface area contributed by atoms with E-state index in [2.05, 4.69) is 10.6 Å². The highest BCUT2D eigenvalue weighted by molar-refractivity contribution is 5.82. The Bertz CT molecular complexity index is 273. The lowest BCUT2D eigenvalue weighted by Crippen LogP contribution is -2.46. The van der Waals surface area contributed by atoms with E-state index < -0.39 is 0 Å². The van der Waals surface area contributed by atoms with Gasteiger partial charge >= 0.3 is 0 Å². The summed E-state index contributed by atoms with van der Waals surface area (Å²) in [6, 6.07) is 0. The summed E-state index contributed by atoms with van der Waals surface area (Å²) in [5.41, 5.74) is 4.81. The SMILES string of the molecule is CC1(C(=O)NCCCCC(N)=O)CCNCC1. The van der Waals surface area contributed by atoms with Gasteiger partial charge < -0.3 is 16.4 Å². The summed E-state index contributed by atoms with van der Waals surface area (Å²) in [5, 5.41) is 6.20. The second-order valence-electron chi connectivity index (χ2n) is 4.99. The Morgan fingerprint density at radius 1 is 1.29 bits per heavy atom. The van der Waals surface area contributed by atoms with Gasteiger partial charge in [-0.1, -0.05) is 6.92 Å². The molecule has 5 nitrogen and oxygen atoms in total. The van der Waals surface area contributed by atoms with Crippen molar-refractivity contribution in [3.05, 3.63) is 0 Å². The van der Waals surface area contributed by atoms with Gasteiger partial charge in [0.25, 0.3) is 0 Å². The smallest absolute Gasteiger partial charge is 0.226 e. The van der Waals surface area contributed by atoms with Crippen molar-refractivity contribution in [3.8, 4) is 0 Å². The Morgan fingerprint density at radius 3 is 2.53 bits per heavy atom. The molecule has 4 N–H and O–H groups in total. The van der Waals surface area contributed by atoms with E-state index in [9.17, 15) is 9.59 Å². The predicted molar refractivity (Wildman–Crippen MR) is 66.3 cm³/mol. The van der Waals surface area contributed by atoms with Crippen LogP contribution in [-0.2, 0) is 9.59 Å². The van der Waals surface area contributed by atoms with Crippen LogP contribution >= 0.6 is 0 Å². The fourth-order valence-corrected chi connectivity index (χ4v) is 2.05. The molecule has 5 heteroatoms. The fraction of sp³-hybridized carbons (Fsp3) is 0.833. The highest BCUT2D eigenvalue weighted by Crippen LogP contribution is 2.27. The number of nitrogens with two attached hydrogens (primary N) is 1. The van der Waals surface area contributed by atoms with Gasteiger partial charge in [-0.2, -0.15) is 0 Å². The molecule has 0 saturated carbocycles. The van der Waals surface area contributed by atoms with Crippen LogP contribution < -0.4 is 16.4 Å². The van der Waals surface area contributed by atoms with E-state index in [1.165, 1.54) is 0 Å². The number of hydrogen-bond acceptors (Lipinski definition) is 3. The minimum atomic E-state index is -0.276. The van der Waals surface area contributed by atoms with Gasteiger partial charge in [-0.15, -0.1) is 0 Å². The first-order chi connectivity index (χ1) is 8.04. The molecule has 0 bridgehead atoms. The lowest BCUT2D eigenvalue weighted by Gasteiger charge is -2.32. The van der Waals surface area contributed by atoms with Crippen LogP contribution in [0, 0.1) is 5.41 Å². The van der Waals surface area contributed by atoms with Crippen LogP contribution in [0.2, 0.25) is 0 Å². The van der Waals surface area contributed by atoms with Crippen LogP contribution in [0.3, 0.4) is 0 Å². The Balaban J connectivity index is 2.17. The number of primary amides is 1. The van der Waals surface area contributed by atoms with Crippen molar-refractivity contribution in [1.29, 1.82) is 0 Å². The van der Waals surface area contributed by atoms with Crippen molar-refractivity contribution in [2.45, 2.75) is 39.0 Å². The number of hydrogen-bond donors (Lipinski definition) is 3. The average molecular weight is 241 g/mol. The van der Waals surface area contributed by atoms with Gasteiger partial charge in [0.15, 0.2) is 0 Å². The van der Waals surface area contributed by atoms with Gasteiger partial charge in [-0.3, -0.25) is 9.59 Å². The van der Waals surface area contributed by atoms with E-state index in [1.54, 1.807) is 0 Å². The van der Waals surface area contributed by atoms with Crippen molar-refractivity contribution >= 4 is 11.8 Å². The summed E-state index contributed by atoms with van der Waals surface area (Å²) in [4.78, 5) is 22.5. The molecular weight excluding hydrogens is 218 g/mol. The summed E-state index contributed by atoms with van der Waals surface area (Å²) in [6.45, 7) is 4.47. The summed E-state index contributed by atoms with van der Waals surface area (Å²) < 4.78 is 0. The highest BCUT2D eigenvalue weighted by Gasteiger charge is 2.33. The van der Waals surface area contributed by atoms with Crippen LogP contribution in [0.4, 0.5) is 0 Å². The second kappa shape index (κ2) is 6.59. The first-order valence-electron chi connectivity index (χ1n) is 6.32. The van der Waals surface area contributed by atoms with Crippen molar-refractivity contribution in [3.63, 3.8) is 0 Å². The van der Waals surface area contributed by atoms with Crippen LogP contribution in [0.15, 0.2) is 0 Å². The topological polar surface area (TPSA) is 84.2 Å². The summed E-state index contributed by atoms with van der Waals surface area (Å²) in [5.74, 6) is -0.139.